The third kappa shape index (κ3) is 8.43. The van der Waals surface area contributed by atoms with Gasteiger partial charge in [0.15, 0.2) is 5.96 Å². The largest absolute Gasteiger partial charge is 0.443 e. The zero-order valence-corrected chi connectivity index (χ0v) is 20.2. The van der Waals surface area contributed by atoms with Crippen molar-refractivity contribution >= 4 is 41.5 Å². The fourth-order valence-electron chi connectivity index (χ4n) is 2.46. The molecule has 2 aromatic rings. The second-order valence-corrected chi connectivity index (χ2v) is 7.52. The number of anilines is 1. The number of halogens is 1. The van der Waals surface area contributed by atoms with Gasteiger partial charge < -0.3 is 20.4 Å². The van der Waals surface area contributed by atoms with E-state index in [2.05, 4.69) is 53.6 Å². The second-order valence-electron chi connectivity index (χ2n) is 7.52. The van der Waals surface area contributed by atoms with Crippen LogP contribution in [0.4, 0.5) is 5.69 Å². The van der Waals surface area contributed by atoms with E-state index in [9.17, 15) is 4.79 Å². The van der Waals surface area contributed by atoms with Crippen molar-refractivity contribution in [2.24, 2.45) is 4.99 Å². The monoisotopic (exact) mass is 513 g/mol. The van der Waals surface area contributed by atoms with E-state index >= 15 is 0 Å². The van der Waals surface area contributed by atoms with Gasteiger partial charge in [-0.15, -0.1) is 24.0 Å². The number of carbonyl (C=O) groups is 1. The molecule has 7 nitrogen and oxygen atoms in total. The number of amides is 1. The Balaban J connectivity index is 0.00000420. The maximum absolute atomic E-state index is 12.2. The smallest absolute Gasteiger partial charge is 0.246 e. The van der Waals surface area contributed by atoms with Gasteiger partial charge in [-0.05, 0) is 31.0 Å². The van der Waals surface area contributed by atoms with Gasteiger partial charge in [-0.2, -0.15) is 0 Å². The number of nitrogens with zero attached hydrogens (tertiary/aromatic N) is 2. The third-order valence-electron chi connectivity index (χ3n) is 4.04. The highest BCUT2D eigenvalue weighted by atomic mass is 127. The lowest BCUT2D eigenvalue weighted by atomic mass is 9.94. The summed E-state index contributed by atoms with van der Waals surface area (Å²) in [5.74, 6) is 1.78. The van der Waals surface area contributed by atoms with Crippen LogP contribution in [0.3, 0.4) is 0 Å². The number of benzene rings is 1. The van der Waals surface area contributed by atoms with E-state index in [-0.39, 0.29) is 41.8 Å². The number of hydrogen-bond acceptors (Lipinski definition) is 4. The highest BCUT2D eigenvalue weighted by molar-refractivity contribution is 14.0. The number of guanidine groups is 1. The van der Waals surface area contributed by atoms with Gasteiger partial charge in [-0.25, -0.2) is 9.98 Å². The van der Waals surface area contributed by atoms with E-state index in [0.29, 0.717) is 24.9 Å². The van der Waals surface area contributed by atoms with Crippen molar-refractivity contribution < 1.29 is 9.21 Å². The summed E-state index contributed by atoms with van der Waals surface area (Å²) in [7, 11) is 0. The molecule has 1 aromatic heterocycles. The Hall–Kier alpha value is -2.10. The summed E-state index contributed by atoms with van der Waals surface area (Å²) < 4.78 is 5.77. The number of carbonyl (C=O) groups excluding carboxylic acids is 1. The Morgan fingerprint density at radius 1 is 1.21 bits per heavy atom. The van der Waals surface area contributed by atoms with Gasteiger partial charge in [-0.3, -0.25) is 4.79 Å². The van der Waals surface area contributed by atoms with Gasteiger partial charge in [0.2, 0.25) is 11.8 Å². The van der Waals surface area contributed by atoms with Crippen LogP contribution >= 0.6 is 24.0 Å². The Bertz CT molecular complexity index is 811. The van der Waals surface area contributed by atoms with E-state index in [1.807, 2.05) is 31.2 Å². The van der Waals surface area contributed by atoms with Crippen molar-refractivity contribution in [1.82, 2.24) is 15.6 Å². The minimum Gasteiger partial charge on any atom is -0.443 e. The molecule has 8 heteroatoms. The molecule has 2 rings (SSSR count). The molecule has 0 radical (unpaired) electrons. The lowest BCUT2D eigenvalue weighted by Crippen LogP contribution is -2.37. The highest BCUT2D eigenvalue weighted by Gasteiger charge is 2.19. The van der Waals surface area contributed by atoms with Crippen LogP contribution in [0.1, 0.15) is 51.8 Å². The molecule has 0 unspecified atom stereocenters. The Morgan fingerprint density at radius 2 is 1.97 bits per heavy atom. The van der Waals surface area contributed by atoms with E-state index < -0.39 is 0 Å². The normalized spacial score (nSPS) is 11.6. The molecule has 1 aromatic carbocycles. The van der Waals surface area contributed by atoms with E-state index in [1.165, 1.54) is 5.56 Å². The average Bonchev–Trinajstić information content (AvgIpc) is 3.13. The van der Waals surface area contributed by atoms with Crippen LogP contribution in [0.15, 0.2) is 39.9 Å². The number of aryl methyl sites for hydroxylation is 1. The fraction of sp³-hybridized carbons (Fsp3) is 0.476. The molecule has 0 saturated carbocycles. The molecule has 0 aliphatic rings. The molecule has 0 fully saturated rings. The van der Waals surface area contributed by atoms with Crippen molar-refractivity contribution in [3.63, 3.8) is 0 Å². The summed E-state index contributed by atoms with van der Waals surface area (Å²) in [5, 5.41) is 9.13. The minimum atomic E-state index is -0.170. The molecular formula is C21H32IN5O2. The summed E-state index contributed by atoms with van der Waals surface area (Å²) in [6, 6.07) is 7.82. The molecule has 160 valence electrons. The Kier molecular flexibility index (Phi) is 10.1. The molecule has 0 atom stereocenters. The molecule has 0 aliphatic heterocycles. The summed E-state index contributed by atoms with van der Waals surface area (Å²) in [6.07, 6.45) is 2.67. The standard InChI is InChI=1S/C21H31N5O2.HI/c1-6-15-9-8-10-16(11-15)26-18(27)13-24-20(22-7-2)25-14-19-23-12-17(28-19)21(3,4)5;/h8-12H,6-7,13-14H2,1-5H3,(H,26,27)(H2,22,24,25);1H. The Labute approximate surface area is 190 Å². The van der Waals surface area contributed by atoms with E-state index in [4.69, 9.17) is 4.42 Å². The molecule has 0 bridgehead atoms. The van der Waals surface area contributed by atoms with Crippen molar-refractivity contribution in [2.45, 2.75) is 53.0 Å². The number of hydrogen-bond donors (Lipinski definition) is 3. The molecule has 1 heterocycles. The van der Waals surface area contributed by atoms with E-state index in [1.54, 1.807) is 6.20 Å². The van der Waals surface area contributed by atoms with Gasteiger partial charge in [0.05, 0.1) is 12.7 Å². The predicted molar refractivity (Wildman–Crippen MR) is 128 cm³/mol. The Morgan fingerprint density at radius 3 is 2.59 bits per heavy atom. The molecule has 0 aliphatic carbocycles. The third-order valence-corrected chi connectivity index (χ3v) is 4.04. The number of aliphatic imine (C=N–C) groups is 1. The van der Waals surface area contributed by atoms with Crippen LogP contribution in [0, 0.1) is 0 Å². The van der Waals surface area contributed by atoms with Gasteiger partial charge >= 0.3 is 0 Å². The van der Waals surface area contributed by atoms with Gasteiger partial charge in [0.25, 0.3) is 0 Å². The van der Waals surface area contributed by atoms with Crippen molar-refractivity contribution in [2.75, 3.05) is 18.4 Å². The van der Waals surface area contributed by atoms with Gasteiger partial charge in [0.1, 0.15) is 12.3 Å². The fourth-order valence-corrected chi connectivity index (χ4v) is 2.46. The lowest BCUT2D eigenvalue weighted by Gasteiger charge is -2.13. The lowest BCUT2D eigenvalue weighted by molar-refractivity contribution is -0.114. The van der Waals surface area contributed by atoms with Crippen LogP contribution in [0.25, 0.3) is 0 Å². The number of nitrogens with one attached hydrogen (secondary N) is 3. The first-order chi connectivity index (χ1) is 13.3. The van der Waals surface area contributed by atoms with Crippen molar-refractivity contribution in [1.29, 1.82) is 0 Å². The highest BCUT2D eigenvalue weighted by Crippen LogP contribution is 2.22. The van der Waals surface area contributed by atoms with Crippen LogP contribution in [0.5, 0.6) is 0 Å². The summed E-state index contributed by atoms with van der Waals surface area (Å²) >= 11 is 0. The maximum Gasteiger partial charge on any atom is 0.246 e. The van der Waals surface area contributed by atoms with Crippen molar-refractivity contribution in [3.8, 4) is 0 Å². The number of oxazole rings is 1. The average molecular weight is 513 g/mol. The summed E-state index contributed by atoms with van der Waals surface area (Å²) in [6.45, 7) is 11.4. The van der Waals surface area contributed by atoms with E-state index in [0.717, 1.165) is 17.9 Å². The first-order valence-corrected chi connectivity index (χ1v) is 9.68. The van der Waals surface area contributed by atoms with Gasteiger partial charge in [0, 0.05) is 17.6 Å². The first-order valence-electron chi connectivity index (χ1n) is 9.68. The number of rotatable bonds is 7. The molecular weight excluding hydrogens is 481 g/mol. The maximum atomic E-state index is 12.2. The summed E-state index contributed by atoms with van der Waals surface area (Å²) in [5.41, 5.74) is 1.88. The zero-order chi connectivity index (χ0) is 20.6. The van der Waals surface area contributed by atoms with Gasteiger partial charge in [-0.1, -0.05) is 39.8 Å². The molecule has 1 amide bonds. The quantitative estimate of drug-likeness (QED) is 0.297. The number of aromatic nitrogens is 1. The topological polar surface area (TPSA) is 91.5 Å². The molecule has 29 heavy (non-hydrogen) atoms. The first kappa shape index (κ1) is 24.9. The second kappa shape index (κ2) is 11.8. The van der Waals surface area contributed by atoms with Crippen LogP contribution in [-0.2, 0) is 23.2 Å². The molecule has 0 saturated heterocycles. The van der Waals surface area contributed by atoms with Crippen molar-refractivity contribution in [3.05, 3.63) is 47.7 Å². The zero-order valence-electron chi connectivity index (χ0n) is 17.8. The van der Waals surface area contributed by atoms with Crippen LogP contribution < -0.4 is 16.0 Å². The van der Waals surface area contributed by atoms with Crippen LogP contribution in [0.2, 0.25) is 0 Å². The molecule has 0 spiro atoms. The van der Waals surface area contributed by atoms with Crippen LogP contribution in [-0.4, -0.2) is 29.9 Å². The molecule has 3 N–H and O–H groups in total. The minimum absolute atomic E-state index is 0. The SMILES string of the molecule is CCNC(=NCC(=O)Nc1cccc(CC)c1)NCc1ncc(C(C)(C)C)o1.I. The summed E-state index contributed by atoms with van der Waals surface area (Å²) in [4.78, 5) is 20.8. The predicted octanol–water partition coefficient (Wildman–Crippen LogP) is 3.85.